The van der Waals surface area contributed by atoms with Gasteiger partial charge in [0.1, 0.15) is 17.7 Å². The molecular weight excluding hydrogens is 438 g/mol. The molecule has 3 nitrogen and oxygen atoms in total. The number of hydrogen-bond acceptors (Lipinski definition) is 3. The fourth-order valence-electron chi connectivity index (χ4n) is 2.74. The molecule has 0 saturated heterocycles. The summed E-state index contributed by atoms with van der Waals surface area (Å²) < 4.78 is 106. The number of rotatable bonds is 10. The van der Waals surface area contributed by atoms with Crippen LogP contribution in [0, 0.1) is 5.82 Å². The molecule has 1 N–H and O–H groups in total. The van der Waals surface area contributed by atoms with Crippen molar-refractivity contribution < 1.29 is 45.0 Å². The SMILES string of the molecule is OC(CCCN(Cc1cccc(OC(F)(F)C(F)F)c1)c1cccc(F)c1)C(F)(F)F. The average Bonchev–Trinajstić information content (AvgIpc) is 2.66. The molecule has 0 aliphatic rings. The molecule has 0 radical (unpaired) electrons. The van der Waals surface area contributed by atoms with Gasteiger partial charge in [-0.05, 0) is 48.7 Å². The Hall–Kier alpha value is -2.56. The van der Waals surface area contributed by atoms with Crippen LogP contribution in [0.15, 0.2) is 48.5 Å². The molecule has 2 rings (SSSR count). The third kappa shape index (κ3) is 7.57. The Labute approximate surface area is 172 Å². The largest absolute Gasteiger partial charge is 0.461 e. The molecule has 1 unspecified atom stereocenters. The summed E-state index contributed by atoms with van der Waals surface area (Å²) in [6.45, 7) is -0.0993. The molecule has 0 aliphatic carbocycles. The van der Waals surface area contributed by atoms with Crippen molar-refractivity contribution in [2.24, 2.45) is 0 Å². The molecule has 0 bridgehead atoms. The van der Waals surface area contributed by atoms with Crippen LogP contribution >= 0.6 is 0 Å². The van der Waals surface area contributed by atoms with E-state index >= 15 is 0 Å². The Morgan fingerprint density at radius 1 is 0.968 bits per heavy atom. The van der Waals surface area contributed by atoms with E-state index in [9.17, 15) is 35.1 Å². The molecule has 0 heterocycles. The molecule has 0 aromatic heterocycles. The number of hydrogen-bond donors (Lipinski definition) is 1. The van der Waals surface area contributed by atoms with Crippen LogP contribution in [0.3, 0.4) is 0 Å². The van der Waals surface area contributed by atoms with Gasteiger partial charge >= 0.3 is 18.7 Å². The van der Waals surface area contributed by atoms with Crippen LogP contribution in [0.5, 0.6) is 5.75 Å². The second kappa shape index (κ2) is 10.2. The fourth-order valence-corrected chi connectivity index (χ4v) is 2.74. The highest BCUT2D eigenvalue weighted by molar-refractivity contribution is 5.47. The Morgan fingerprint density at radius 2 is 1.65 bits per heavy atom. The van der Waals surface area contributed by atoms with E-state index in [0.29, 0.717) is 11.3 Å². The van der Waals surface area contributed by atoms with Crippen molar-refractivity contribution in [1.29, 1.82) is 0 Å². The molecule has 172 valence electrons. The number of aliphatic hydroxyl groups excluding tert-OH is 1. The van der Waals surface area contributed by atoms with Crippen LogP contribution in [-0.2, 0) is 6.54 Å². The van der Waals surface area contributed by atoms with Crippen molar-refractivity contribution in [3.63, 3.8) is 0 Å². The van der Waals surface area contributed by atoms with Crippen LogP contribution in [-0.4, -0.2) is 36.5 Å². The summed E-state index contributed by atoms with van der Waals surface area (Å²) in [6, 6.07) is 10.0. The van der Waals surface area contributed by atoms with Gasteiger partial charge in [0.2, 0.25) is 0 Å². The van der Waals surface area contributed by atoms with Crippen LogP contribution in [0.2, 0.25) is 0 Å². The summed E-state index contributed by atoms with van der Waals surface area (Å²) in [6.07, 6.45) is -16.7. The van der Waals surface area contributed by atoms with Gasteiger partial charge in [-0.2, -0.15) is 30.7 Å². The van der Waals surface area contributed by atoms with E-state index in [4.69, 9.17) is 5.11 Å². The molecule has 2 aromatic carbocycles. The van der Waals surface area contributed by atoms with Gasteiger partial charge < -0.3 is 14.7 Å². The second-order valence-corrected chi connectivity index (χ2v) is 6.71. The average molecular weight is 457 g/mol. The summed E-state index contributed by atoms with van der Waals surface area (Å²) >= 11 is 0. The summed E-state index contributed by atoms with van der Waals surface area (Å²) in [5.41, 5.74) is 0.605. The lowest BCUT2D eigenvalue weighted by Crippen LogP contribution is -2.33. The quantitative estimate of drug-likeness (QED) is 0.460. The molecule has 2 aromatic rings. The molecule has 11 heteroatoms. The highest BCUT2D eigenvalue weighted by atomic mass is 19.4. The van der Waals surface area contributed by atoms with E-state index in [2.05, 4.69) is 4.74 Å². The first kappa shape index (κ1) is 24.7. The van der Waals surface area contributed by atoms with Crippen molar-refractivity contribution in [3.8, 4) is 5.75 Å². The van der Waals surface area contributed by atoms with Crippen molar-refractivity contribution in [2.75, 3.05) is 11.4 Å². The first-order valence-corrected chi connectivity index (χ1v) is 9.07. The topological polar surface area (TPSA) is 32.7 Å². The Kier molecular flexibility index (Phi) is 8.10. The zero-order valence-corrected chi connectivity index (χ0v) is 15.9. The maximum atomic E-state index is 13.6. The molecule has 0 spiro atoms. The summed E-state index contributed by atoms with van der Waals surface area (Å²) in [7, 11) is 0. The van der Waals surface area contributed by atoms with Gasteiger partial charge in [-0.1, -0.05) is 18.2 Å². The minimum Gasteiger partial charge on any atom is -0.428 e. The van der Waals surface area contributed by atoms with E-state index in [1.54, 1.807) is 0 Å². The molecule has 31 heavy (non-hydrogen) atoms. The number of ether oxygens (including phenoxy) is 1. The first-order valence-electron chi connectivity index (χ1n) is 9.07. The zero-order chi connectivity index (χ0) is 23.2. The predicted molar refractivity (Wildman–Crippen MR) is 96.8 cm³/mol. The monoisotopic (exact) mass is 457 g/mol. The third-order valence-corrected chi connectivity index (χ3v) is 4.24. The number of nitrogens with zero attached hydrogens (tertiary/aromatic N) is 1. The molecule has 0 saturated carbocycles. The highest BCUT2D eigenvalue weighted by Gasteiger charge is 2.44. The van der Waals surface area contributed by atoms with Crippen molar-refractivity contribution in [2.45, 2.75) is 44.2 Å². The van der Waals surface area contributed by atoms with Crippen LogP contribution < -0.4 is 9.64 Å². The standard InChI is InChI=1S/C20H19F8NO2/c21-14-5-2-6-15(11-14)29(9-3-8-17(30)19(24,25)26)12-13-4-1-7-16(10-13)31-20(27,28)18(22)23/h1-2,4-7,10-11,17-18,30H,3,8-9,12H2. The minimum absolute atomic E-state index is 0.0329. The molecular formula is C20H19F8NO2. The molecule has 1 atom stereocenters. The Balaban J connectivity index is 2.17. The summed E-state index contributed by atoms with van der Waals surface area (Å²) in [5.74, 6) is -1.14. The predicted octanol–water partition coefficient (Wildman–Crippen LogP) is 5.77. The lowest BCUT2D eigenvalue weighted by atomic mass is 10.1. The van der Waals surface area contributed by atoms with Gasteiger partial charge in [0.25, 0.3) is 0 Å². The van der Waals surface area contributed by atoms with Gasteiger partial charge in [-0.25, -0.2) is 4.39 Å². The Morgan fingerprint density at radius 3 is 2.26 bits per heavy atom. The lowest BCUT2D eigenvalue weighted by molar-refractivity contribution is -0.253. The van der Waals surface area contributed by atoms with Crippen LogP contribution in [0.25, 0.3) is 0 Å². The van der Waals surface area contributed by atoms with Crippen molar-refractivity contribution >= 4 is 5.69 Å². The Bertz CT molecular complexity index is 844. The number of benzene rings is 2. The van der Waals surface area contributed by atoms with Crippen molar-refractivity contribution in [3.05, 3.63) is 59.9 Å². The highest BCUT2D eigenvalue weighted by Crippen LogP contribution is 2.29. The van der Waals surface area contributed by atoms with Gasteiger partial charge in [-0.3, -0.25) is 0 Å². The molecule has 0 aliphatic heterocycles. The van der Waals surface area contributed by atoms with Crippen molar-refractivity contribution in [1.82, 2.24) is 0 Å². The van der Waals surface area contributed by atoms with Gasteiger partial charge in [0.05, 0.1) is 0 Å². The zero-order valence-electron chi connectivity index (χ0n) is 15.9. The number of halogens is 8. The van der Waals surface area contributed by atoms with Crippen LogP contribution in [0.4, 0.5) is 40.8 Å². The summed E-state index contributed by atoms with van der Waals surface area (Å²) in [4.78, 5) is 1.47. The van der Waals surface area contributed by atoms with Gasteiger partial charge in [-0.15, -0.1) is 0 Å². The number of anilines is 1. The fraction of sp³-hybridized carbons (Fsp3) is 0.400. The van der Waals surface area contributed by atoms with Crippen LogP contribution in [0.1, 0.15) is 18.4 Å². The van der Waals surface area contributed by atoms with E-state index in [1.807, 2.05) is 0 Å². The first-order chi connectivity index (χ1) is 14.4. The maximum Gasteiger partial charge on any atom is 0.461 e. The minimum atomic E-state index is -4.77. The van der Waals surface area contributed by atoms with Gasteiger partial charge in [0.15, 0.2) is 0 Å². The summed E-state index contributed by atoms with van der Waals surface area (Å²) in [5, 5.41) is 9.14. The molecule has 0 amide bonds. The van der Waals surface area contributed by atoms with E-state index < -0.39 is 42.8 Å². The normalized spacial score (nSPS) is 13.4. The number of aliphatic hydroxyl groups is 1. The third-order valence-electron chi connectivity index (χ3n) is 4.24. The van der Waals surface area contributed by atoms with Gasteiger partial charge in [0, 0.05) is 18.8 Å². The van der Waals surface area contributed by atoms with E-state index in [-0.39, 0.29) is 19.5 Å². The smallest absolute Gasteiger partial charge is 0.428 e. The maximum absolute atomic E-state index is 13.6. The van der Waals surface area contributed by atoms with E-state index in [0.717, 1.165) is 24.3 Å². The number of alkyl halides is 7. The van der Waals surface area contributed by atoms with E-state index in [1.165, 1.54) is 29.2 Å². The molecule has 0 fully saturated rings. The second-order valence-electron chi connectivity index (χ2n) is 6.71. The lowest BCUT2D eigenvalue weighted by Gasteiger charge is -2.26.